The Balaban J connectivity index is 1.51. The van der Waals surface area contributed by atoms with E-state index in [1.807, 2.05) is 25.1 Å². The van der Waals surface area contributed by atoms with Gasteiger partial charge in [-0.05, 0) is 65.9 Å². The maximum atomic E-state index is 12.4. The molecule has 0 unspecified atom stereocenters. The molecule has 0 saturated carbocycles. The van der Waals surface area contributed by atoms with Crippen LogP contribution in [0.5, 0.6) is 11.6 Å². The number of hydrogen-bond donors (Lipinski definition) is 2. The molecule has 3 aromatic rings. The standard InChI is InChI=1S/C27H28N4O3/c1-18-16-22(34-26-20(17-28)6-5-14-30-26)11-12-23(18)31-24(32)13-15-29-25(33)19-7-9-21(10-8-19)27(2,3)4/h5-12,14,16H,13,15H2,1-4H3,(H,29,33)(H,31,32). The summed E-state index contributed by atoms with van der Waals surface area (Å²) in [5.74, 6) is 0.314. The van der Waals surface area contributed by atoms with E-state index in [1.165, 1.54) is 0 Å². The zero-order valence-electron chi connectivity index (χ0n) is 19.8. The molecule has 2 aromatic carbocycles. The summed E-state index contributed by atoms with van der Waals surface area (Å²) in [7, 11) is 0. The second-order valence-electron chi connectivity index (χ2n) is 8.93. The summed E-state index contributed by atoms with van der Waals surface area (Å²) in [6, 6.07) is 18.0. The number of rotatable bonds is 7. The van der Waals surface area contributed by atoms with Gasteiger partial charge < -0.3 is 15.4 Å². The third-order valence-corrected chi connectivity index (χ3v) is 5.23. The van der Waals surface area contributed by atoms with Crippen LogP contribution in [-0.4, -0.2) is 23.3 Å². The van der Waals surface area contributed by atoms with Crippen molar-refractivity contribution in [1.29, 1.82) is 5.26 Å². The molecule has 0 aliphatic rings. The number of aromatic nitrogens is 1. The maximum Gasteiger partial charge on any atom is 0.251 e. The van der Waals surface area contributed by atoms with Crippen molar-refractivity contribution in [2.45, 2.75) is 39.5 Å². The van der Waals surface area contributed by atoms with E-state index in [-0.39, 0.29) is 36.1 Å². The summed E-state index contributed by atoms with van der Waals surface area (Å²) in [5, 5.41) is 14.8. The van der Waals surface area contributed by atoms with Gasteiger partial charge in [-0.2, -0.15) is 5.26 Å². The molecule has 0 atom stereocenters. The van der Waals surface area contributed by atoms with Gasteiger partial charge in [-0.25, -0.2) is 4.98 Å². The van der Waals surface area contributed by atoms with Crippen LogP contribution in [0, 0.1) is 18.3 Å². The van der Waals surface area contributed by atoms with Crippen LogP contribution in [0.25, 0.3) is 0 Å². The summed E-state index contributed by atoms with van der Waals surface area (Å²) >= 11 is 0. The fourth-order valence-corrected chi connectivity index (χ4v) is 3.23. The van der Waals surface area contributed by atoms with Crippen LogP contribution in [0.2, 0.25) is 0 Å². The van der Waals surface area contributed by atoms with E-state index in [0.717, 1.165) is 11.1 Å². The molecule has 0 aliphatic heterocycles. The second kappa shape index (κ2) is 10.6. The topological polar surface area (TPSA) is 104 Å². The van der Waals surface area contributed by atoms with Crippen molar-refractivity contribution in [3.05, 3.63) is 83.0 Å². The predicted molar refractivity (Wildman–Crippen MR) is 131 cm³/mol. The first-order chi connectivity index (χ1) is 16.2. The van der Waals surface area contributed by atoms with Crippen molar-refractivity contribution in [2.75, 3.05) is 11.9 Å². The predicted octanol–water partition coefficient (Wildman–Crippen LogP) is 5.11. The van der Waals surface area contributed by atoms with E-state index in [2.05, 4.69) is 36.4 Å². The van der Waals surface area contributed by atoms with Gasteiger partial charge in [0.25, 0.3) is 5.91 Å². The number of pyridine rings is 1. The number of aryl methyl sites for hydroxylation is 1. The van der Waals surface area contributed by atoms with E-state index < -0.39 is 0 Å². The Hall–Kier alpha value is -4.18. The Morgan fingerprint density at radius 2 is 1.82 bits per heavy atom. The van der Waals surface area contributed by atoms with Crippen LogP contribution in [0.4, 0.5) is 5.69 Å². The van der Waals surface area contributed by atoms with Crippen molar-refractivity contribution >= 4 is 17.5 Å². The summed E-state index contributed by atoms with van der Waals surface area (Å²) in [6.07, 6.45) is 1.69. The normalized spacial score (nSPS) is 10.8. The van der Waals surface area contributed by atoms with Gasteiger partial charge >= 0.3 is 0 Å². The summed E-state index contributed by atoms with van der Waals surface area (Å²) in [6.45, 7) is 8.42. The van der Waals surface area contributed by atoms with Crippen LogP contribution in [0.15, 0.2) is 60.8 Å². The Bertz CT molecular complexity index is 1220. The lowest BCUT2D eigenvalue weighted by atomic mass is 9.87. The minimum atomic E-state index is -0.211. The molecule has 0 fully saturated rings. The Morgan fingerprint density at radius 3 is 2.47 bits per heavy atom. The SMILES string of the molecule is Cc1cc(Oc2ncccc2C#N)ccc1NC(=O)CCNC(=O)c1ccc(C(C)(C)C)cc1. The monoisotopic (exact) mass is 456 g/mol. The van der Waals surface area contributed by atoms with E-state index in [9.17, 15) is 9.59 Å². The fraction of sp³-hybridized carbons (Fsp3) is 0.259. The molecule has 0 radical (unpaired) electrons. The number of amides is 2. The minimum Gasteiger partial charge on any atom is -0.438 e. The number of carbonyl (C=O) groups excluding carboxylic acids is 2. The molecule has 2 amide bonds. The van der Waals surface area contributed by atoms with Crippen LogP contribution in [0.1, 0.15) is 54.2 Å². The lowest BCUT2D eigenvalue weighted by Crippen LogP contribution is -2.27. The van der Waals surface area contributed by atoms with Crippen molar-refractivity contribution in [3.8, 4) is 17.7 Å². The number of hydrogen-bond acceptors (Lipinski definition) is 5. The molecule has 7 heteroatoms. The number of nitrogens with zero attached hydrogens (tertiary/aromatic N) is 2. The van der Waals surface area contributed by atoms with Gasteiger partial charge in [-0.1, -0.05) is 32.9 Å². The number of ether oxygens (including phenoxy) is 1. The highest BCUT2D eigenvalue weighted by molar-refractivity contribution is 5.95. The lowest BCUT2D eigenvalue weighted by molar-refractivity contribution is -0.116. The van der Waals surface area contributed by atoms with Gasteiger partial charge in [0.2, 0.25) is 11.8 Å². The molecular formula is C27H28N4O3. The van der Waals surface area contributed by atoms with Gasteiger partial charge in [0, 0.05) is 30.4 Å². The van der Waals surface area contributed by atoms with Gasteiger partial charge in [0.15, 0.2) is 0 Å². The second-order valence-corrected chi connectivity index (χ2v) is 8.93. The number of nitriles is 1. The molecule has 174 valence electrons. The van der Waals surface area contributed by atoms with E-state index in [4.69, 9.17) is 10.00 Å². The van der Waals surface area contributed by atoms with Gasteiger partial charge in [0.1, 0.15) is 17.4 Å². The quantitative estimate of drug-likeness (QED) is 0.514. The molecule has 0 spiro atoms. The average molecular weight is 457 g/mol. The Morgan fingerprint density at radius 1 is 1.09 bits per heavy atom. The number of nitrogens with one attached hydrogen (secondary N) is 2. The molecule has 34 heavy (non-hydrogen) atoms. The summed E-state index contributed by atoms with van der Waals surface area (Å²) in [4.78, 5) is 28.8. The van der Waals surface area contributed by atoms with Gasteiger partial charge in [0.05, 0.1) is 0 Å². The van der Waals surface area contributed by atoms with Crippen LogP contribution in [-0.2, 0) is 10.2 Å². The summed E-state index contributed by atoms with van der Waals surface area (Å²) in [5.41, 5.74) is 3.51. The zero-order valence-corrected chi connectivity index (χ0v) is 19.8. The van der Waals surface area contributed by atoms with Crippen LogP contribution in [0.3, 0.4) is 0 Å². The highest BCUT2D eigenvalue weighted by Gasteiger charge is 2.14. The molecule has 0 bridgehead atoms. The number of anilines is 1. The fourth-order valence-electron chi connectivity index (χ4n) is 3.23. The number of carbonyl (C=O) groups is 2. The molecule has 7 nitrogen and oxygen atoms in total. The first-order valence-electron chi connectivity index (χ1n) is 11.0. The lowest BCUT2D eigenvalue weighted by Gasteiger charge is -2.19. The average Bonchev–Trinajstić information content (AvgIpc) is 2.80. The first kappa shape index (κ1) is 24.5. The van der Waals surface area contributed by atoms with Gasteiger partial charge in [-0.15, -0.1) is 0 Å². The highest BCUT2D eigenvalue weighted by Crippen LogP contribution is 2.27. The third kappa shape index (κ3) is 6.42. The van der Waals surface area contributed by atoms with Crippen LogP contribution < -0.4 is 15.4 Å². The Kier molecular flexibility index (Phi) is 7.64. The van der Waals surface area contributed by atoms with Crippen molar-refractivity contribution < 1.29 is 14.3 Å². The Labute approximate surface area is 199 Å². The van der Waals surface area contributed by atoms with E-state index in [0.29, 0.717) is 22.6 Å². The first-order valence-corrected chi connectivity index (χ1v) is 11.0. The molecular weight excluding hydrogens is 428 g/mol. The molecule has 3 rings (SSSR count). The molecule has 0 aliphatic carbocycles. The largest absolute Gasteiger partial charge is 0.438 e. The van der Waals surface area contributed by atoms with Crippen molar-refractivity contribution in [3.63, 3.8) is 0 Å². The smallest absolute Gasteiger partial charge is 0.251 e. The summed E-state index contributed by atoms with van der Waals surface area (Å²) < 4.78 is 5.71. The molecule has 2 N–H and O–H groups in total. The minimum absolute atomic E-state index is 0.0214. The van der Waals surface area contributed by atoms with Crippen molar-refractivity contribution in [2.24, 2.45) is 0 Å². The zero-order chi connectivity index (χ0) is 24.7. The van der Waals surface area contributed by atoms with Crippen molar-refractivity contribution in [1.82, 2.24) is 10.3 Å². The molecule has 1 aromatic heterocycles. The third-order valence-electron chi connectivity index (χ3n) is 5.23. The van der Waals surface area contributed by atoms with Crippen LogP contribution >= 0.6 is 0 Å². The molecule has 1 heterocycles. The molecule has 0 saturated heterocycles. The number of benzene rings is 2. The van der Waals surface area contributed by atoms with E-state index in [1.54, 1.807) is 48.7 Å². The maximum absolute atomic E-state index is 12.4. The highest BCUT2D eigenvalue weighted by atomic mass is 16.5. The van der Waals surface area contributed by atoms with Gasteiger partial charge in [-0.3, -0.25) is 9.59 Å². The van der Waals surface area contributed by atoms with E-state index >= 15 is 0 Å².